The van der Waals surface area contributed by atoms with Gasteiger partial charge in [-0.1, -0.05) is 19.3 Å². The fraction of sp³-hybridized carbons (Fsp3) is 0.389. The van der Waals surface area contributed by atoms with Crippen LogP contribution in [0.15, 0.2) is 29.1 Å². The van der Waals surface area contributed by atoms with Crippen LogP contribution in [0.4, 0.5) is 5.69 Å². The van der Waals surface area contributed by atoms with Gasteiger partial charge in [0.2, 0.25) is 5.56 Å². The SMILES string of the molecule is O=C(O)CCCCCCCNC(=O)c1cc(=O)[nH]c2ccc([N+](=O)[O-])cc12. The summed E-state index contributed by atoms with van der Waals surface area (Å²) in [5.41, 5.74) is -0.166. The van der Waals surface area contributed by atoms with Crippen LogP contribution in [-0.2, 0) is 4.79 Å². The Balaban J connectivity index is 1.94. The highest BCUT2D eigenvalue weighted by Gasteiger charge is 2.15. The molecule has 27 heavy (non-hydrogen) atoms. The molecule has 0 saturated carbocycles. The summed E-state index contributed by atoms with van der Waals surface area (Å²) in [6, 6.07) is 5.07. The van der Waals surface area contributed by atoms with E-state index in [1.807, 2.05) is 0 Å². The summed E-state index contributed by atoms with van der Waals surface area (Å²) in [5.74, 6) is -1.26. The van der Waals surface area contributed by atoms with Gasteiger partial charge in [0.15, 0.2) is 0 Å². The third-order valence-electron chi connectivity index (χ3n) is 4.14. The molecule has 2 aromatic rings. The van der Waals surface area contributed by atoms with E-state index in [-0.39, 0.29) is 17.7 Å². The Morgan fingerprint density at radius 1 is 1.11 bits per heavy atom. The number of fused-ring (bicyclic) bond motifs is 1. The summed E-state index contributed by atoms with van der Waals surface area (Å²) in [5, 5.41) is 22.5. The van der Waals surface area contributed by atoms with Crippen LogP contribution in [0, 0.1) is 10.1 Å². The summed E-state index contributed by atoms with van der Waals surface area (Å²) in [7, 11) is 0. The molecule has 0 aliphatic heterocycles. The molecule has 1 aromatic heterocycles. The van der Waals surface area contributed by atoms with Gasteiger partial charge in [-0.2, -0.15) is 0 Å². The Morgan fingerprint density at radius 3 is 2.52 bits per heavy atom. The van der Waals surface area contributed by atoms with Gasteiger partial charge in [-0.05, 0) is 18.9 Å². The standard InChI is InChI=1S/C18H21N3O6/c22-16-11-14(13-10-12(21(26)27)7-8-15(13)20-16)18(25)19-9-5-3-1-2-4-6-17(23)24/h7-8,10-11H,1-6,9H2,(H,19,25)(H,20,22)(H,23,24). The number of carboxylic acid groups (broad SMARTS) is 1. The smallest absolute Gasteiger partial charge is 0.303 e. The van der Waals surface area contributed by atoms with Gasteiger partial charge in [0.05, 0.1) is 10.5 Å². The summed E-state index contributed by atoms with van der Waals surface area (Å²) in [6.07, 6.45) is 4.07. The molecule has 9 nitrogen and oxygen atoms in total. The van der Waals surface area contributed by atoms with Crippen LogP contribution in [0.1, 0.15) is 48.9 Å². The molecule has 3 N–H and O–H groups in total. The maximum atomic E-state index is 12.4. The van der Waals surface area contributed by atoms with Crippen molar-refractivity contribution in [2.45, 2.75) is 38.5 Å². The van der Waals surface area contributed by atoms with Gasteiger partial charge in [-0.3, -0.25) is 24.5 Å². The number of nitrogens with zero attached hydrogens (tertiary/aromatic N) is 1. The van der Waals surface area contributed by atoms with Crippen molar-refractivity contribution in [3.8, 4) is 0 Å². The normalized spacial score (nSPS) is 10.7. The van der Waals surface area contributed by atoms with Crippen LogP contribution < -0.4 is 10.9 Å². The maximum absolute atomic E-state index is 12.4. The highest BCUT2D eigenvalue weighted by atomic mass is 16.6. The lowest BCUT2D eigenvalue weighted by Gasteiger charge is -2.08. The monoisotopic (exact) mass is 375 g/mol. The average molecular weight is 375 g/mol. The van der Waals surface area contributed by atoms with E-state index in [0.717, 1.165) is 31.7 Å². The first kappa shape index (κ1) is 20.1. The summed E-state index contributed by atoms with van der Waals surface area (Å²) >= 11 is 0. The topological polar surface area (TPSA) is 142 Å². The number of hydrogen-bond donors (Lipinski definition) is 3. The number of aromatic amines is 1. The third kappa shape index (κ3) is 5.91. The molecule has 0 bridgehead atoms. The molecule has 2 rings (SSSR count). The van der Waals surface area contributed by atoms with E-state index in [1.165, 1.54) is 18.2 Å². The lowest BCUT2D eigenvalue weighted by atomic mass is 10.1. The molecule has 0 spiro atoms. The van der Waals surface area contributed by atoms with Crippen molar-refractivity contribution in [2.24, 2.45) is 0 Å². The molecule has 0 unspecified atom stereocenters. The minimum absolute atomic E-state index is 0.0962. The summed E-state index contributed by atoms with van der Waals surface area (Å²) in [4.78, 5) is 47.5. The maximum Gasteiger partial charge on any atom is 0.303 e. The largest absolute Gasteiger partial charge is 0.481 e. The van der Waals surface area contributed by atoms with Crippen molar-refractivity contribution in [2.75, 3.05) is 6.54 Å². The molecule has 0 saturated heterocycles. The van der Waals surface area contributed by atoms with Gasteiger partial charge in [0.1, 0.15) is 0 Å². The number of nitro groups is 1. The zero-order valence-electron chi connectivity index (χ0n) is 14.7. The first-order valence-electron chi connectivity index (χ1n) is 8.70. The highest BCUT2D eigenvalue weighted by Crippen LogP contribution is 2.21. The van der Waals surface area contributed by atoms with Gasteiger partial charge >= 0.3 is 5.97 Å². The van der Waals surface area contributed by atoms with Gasteiger partial charge in [0.25, 0.3) is 11.6 Å². The number of benzene rings is 1. The predicted molar refractivity (Wildman–Crippen MR) is 98.9 cm³/mol. The lowest BCUT2D eigenvalue weighted by molar-refractivity contribution is -0.384. The second kappa shape index (κ2) is 9.46. The Hall–Kier alpha value is -3.23. The van der Waals surface area contributed by atoms with Crippen molar-refractivity contribution in [1.82, 2.24) is 10.3 Å². The Labute approximate surface area is 154 Å². The number of unbranched alkanes of at least 4 members (excludes halogenated alkanes) is 4. The zero-order valence-corrected chi connectivity index (χ0v) is 14.7. The number of carboxylic acids is 1. The van der Waals surface area contributed by atoms with E-state index in [2.05, 4.69) is 10.3 Å². The Bertz CT molecular complexity index is 906. The van der Waals surface area contributed by atoms with Gasteiger partial charge in [0, 0.05) is 42.1 Å². The van der Waals surface area contributed by atoms with Crippen molar-refractivity contribution in [3.05, 3.63) is 50.3 Å². The van der Waals surface area contributed by atoms with Crippen LogP contribution >= 0.6 is 0 Å². The number of aromatic nitrogens is 1. The number of pyridine rings is 1. The molecule has 1 amide bonds. The number of rotatable bonds is 10. The second-order valence-corrected chi connectivity index (χ2v) is 6.20. The molecule has 144 valence electrons. The van der Waals surface area contributed by atoms with Crippen molar-refractivity contribution in [3.63, 3.8) is 0 Å². The minimum Gasteiger partial charge on any atom is -0.481 e. The first-order chi connectivity index (χ1) is 12.9. The van der Waals surface area contributed by atoms with E-state index < -0.39 is 22.4 Å². The van der Waals surface area contributed by atoms with Crippen molar-refractivity contribution in [1.29, 1.82) is 0 Å². The fourth-order valence-corrected chi connectivity index (χ4v) is 2.77. The number of nitrogens with one attached hydrogen (secondary N) is 2. The average Bonchev–Trinajstić information content (AvgIpc) is 2.62. The zero-order chi connectivity index (χ0) is 19.8. The number of aliphatic carboxylic acids is 1. The molecular formula is C18H21N3O6. The number of carbonyl (C=O) groups excluding carboxylic acids is 1. The number of H-pyrrole nitrogens is 1. The van der Waals surface area contributed by atoms with Crippen molar-refractivity contribution < 1.29 is 19.6 Å². The molecule has 0 atom stereocenters. The summed E-state index contributed by atoms with van der Waals surface area (Å²) < 4.78 is 0. The molecule has 0 aliphatic carbocycles. The lowest BCUT2D eigenvalue weighted by Crippen LogP contribution is -2.26. The third-order valence-corrected chi connectivity index (χ3v) is 4.14. The predicted octanol–water partition coefficient (Wildman–Crippen LogP) is 2.59. The fourth-order valence-electron chi connectivity index (χ4n) is 2.77. The van der Waals surface area contributed by atoms with Crippen LogP contribution in [0.3, 0.4) is 0 Å². The van der Waals surface area contributed by atoms with E-state index in [0.29, 0.717) is 23.9 Å². The minimum atomic E-state index is -0.799. The number of carbonyl (C=O) groups is 2. The van der Waals surface area contributed by atoms with Crippen LogP contribution in [0.5, 0.6) is 0 Å². The molecule has 1 aromatic carbocycles. The molecule has 1 heterocycles. The summed E-state index contributed by atoms with van der Waals surface area (Å²) in [6.45, 7) is 0.404. The van der Waals surface area contributed by atoms with Gasteiger partial charge in [-0.15, -0.1) is 0 Å². The van der Waals surface area contributed by atoms with E-state index >= 15 is 0 Å². The Morgan fingerprint density at radius 2 is 1.81 bits per heavy atom. The van der Waals surface area contributed by atoms with E-state index in [9.17, 15) is 24.5 Å². The van der Waals surface area contributed by atoms with E-state index in [4.69, 9.17) is 5.11 Å². The van der Waals surface area contributed by atoms with Crippen LogP contribution in [-0.4, -0.2) is 33.4 Å². The van der Waals surface area contributed by atoms with Crippen molar-refractivity contribution >= 4 is 28.5 Å². The van der Waals surface area contributed by atoms with Crippen LogP contribution in [0.2, 0.25) is 0 Å². The second-order valence-electron chi connectivity index (χ2n) is 6.20. The number of non-ortho nitro benzene ring substituents is 1. The van der Waals surface area contributed by atoms with E-state index in [1.54, 1.807) is 0 Å². The molecule has 0 radical (unpaired) electrons. The highest BCUT2D eigenvalue weighted by molar-refractivity contribution is 6.06. The Kier molecular flexibility index (Phi) is 7.04. The molecular weight excluding hydrogens is 354 g/mol. The quantitative estimate of drug-likeness (QED) is 0.331. The number of hydrogen-bond acceptors (Lipinski definition) is 5. The molecule has 0 fully saturated rings. The van der Waals surface area contributed by atoms with Gasteiger partial charge < -0.3 is 15.4 Å². The number of nitro benzene ring substituents is 1. The number of amides is 1. The first-order valence-corrected chi connectivity index (χ1v) is 8.70. The molecule has 9 heteroatoms. The molecule has 0 aliphatic rings. The van der Waals surface area contributed by atoms with Crippen LogP contribution in [0.25, 0.3) is 10.9 Å². The van der Waals surface area contributed by atoms with Gasteiger partial charge in [-0.25, -0.2) is 0 Å².